The number of carboxylic acids is 1. The molecule has 0 spiro atoms. The minimum absolute atomic E-state index is 0.211. The van der Waals surface area contributed by atoms with E-state index in [2.05, 4.69) is 0 Å². The van der Waals surface area contributed by atoms with Gasteiger partial charge in [-0.1, -0.05) is 0 Å². The summed E-state index contributed by atoms with van der Waals surface area (Å²) < 4.78 is 10.8. The molecule has 0 radical (unpaired) electrons. The summed E-state index contributed by atoms with van der Waals surface area (Å²) >= 11 is 0. The first-order valence-electron chi connectivity index (χ1n) is 5.97. The summed E-state index contributed by atoms with van der Waals surface area (Å²) in [5, 5.41) is 8.79. The molecule has 3 N–H and O–H groups in total. The Hall–Kier alpha value is -2.08. The van der Waals surface area contributed by atoms with Crippen LogP contribution in [0.2, 0.25) is 0 Å². The van der Waals surface area contributed by atoms with E-state index in [0.717, 1.165) is 0 Å². The summed E-state index contributed by atoms with van der Waals surface area (Å²) in [4.78, 5) is 21.6. The molecule has 1 saturated heterocycles. The fourth-order valence-corrected chi connectivity index (χ4v) is 1.91. The van der Waals surface area contributed by atoms with Gasteiger partial charge in [0.2, 0.25) is 5.91 Å². The molecule has 6 heteroatoms. The fourth-order valence-electron chi connectivity index (χ4n) is 1.91. The monoisotopic (exact) mass is 265 g/mol. The van der Waals surface area contributed by atoms with E-state index in [0.29, 0.717) is 30.8 Å². The van der Waals surface area contributed by atoms with Gasteiger partial charge in [0.25, 0.3) is 0 Å². The summed E-state index contributed by atoms with van der Waals surface area (Å²) in [6.45, 7) is 0.291. The quantitative estimate of drug-likeness (QED) is 0.820. The number of amides is 1. The van der Waals surface area contributed by atoms with Gasteiger partial charge < -0.3 is 20.3 Å². The molecular formula is C13H15NO5. The minimum atomic E-state index is -0.937. The first-order valence-corrected chi connectivity index (χ1v) is 5.97. The second-order valence-electron chi connectivity index (χ2n) is 4.36. The van der Waals surface area contributed by atoms with Crippen molar-refractivity contribution in [2.75, 3.05) is 6.61 Å². The number of benzene rings is 1. The third kappa shape index (κ3) is 3.45. The second kappa shape index (κ2) is 5.71. The van der Waals surface area contributed by atoms with E-state index in [9.17, 15) is 9.59 Å². The summed E-state index contributed by atoms with van der Waals surface area (Å²) in [5.41, 5.74) is 5.54. The van der Waals surface area contributed by atoms with Crippen molar-refractivity contribution < 1.29 is 24.2 Å². The van der Waals surface area contributed by atoms with Crippen molar-refractivity contribution in [1.82, 2.24) is 0 Å². The molecule has 1 fully saturated rings. The lowest BCUT2D eigenvalue weighted by atomic mass is 10.2. The molecule has 2 rings (SSSR count). The molecule has 2 unspecified atom stereocenters. The van der Waals surface area contributed by atoms with Crippen molar-refractivity contribution in [3.05, 3.63) is 29.8 Å². The maximum Gasteiger partial charge on any atom is 0.332 e. The number of carbonyl (C=O) groups is 2. The number of hydrogen-bond acceptors (Lipinski definition) is 4. The van der Waals surface area contributed by atoms with Gasteiger partial charge in [0.1, 0.15) is 12.4 Å². The summed E-state index contributed by atoms with van der Waals surface area (Å²) in [6, 6.07) is 6.44. The zero-order chi connectivity index (χ0) is 13.8. The molecule has 1 aliphatic rings. The Bertz CT molecular complexity index is 470. The van der Waals surface area contributed by atoms with Crippen molar-refractivity contribution >= 4 is 11.9 Å². The molecule has 1 aliphatic heterocycles. The number of aliphatic carboxylic acids is 1. The Morgan fingerprint density at radius 2 is 2.00 bits per heavy atom. The fraction of sp³-hybridized carbons (Fsp3) is 0.385. The molecule has 1 aromatic rings. The third-order valence-electron chi connectivity index (χ3n) is 2.96. The standard InChI is InChI=1S/C13H15NO5/c14-12(15)8-1-3-9(4-2-8)18-7-10-5-6-11(19-10)13(16)17/h1-4,10-11H,5-7H2,(H2,14,15)(H,16,17). The normalized spacial score (nSPS) is 22.1. The Labute approximate surface area is 110 Å². The number of primary amides is 1. The van der Waals surface area contributed by atoms with Crippen LogP contribution >= 0.6 is 0 Å². The number of carbonyl (C=O) groups excluding carboxylic acids is 1. The average Bonchev–Trinajstić information content (AvgIpc) is 2.86. The maximum atomic E-state index is 10.9. The van der Waals surface area contributed by atoms with Gasteiger partial charge in [-0.2, -0.15) is 0 Å². The van der Waals surface area contributed by atoms with E-state index >= 15 is 0 Å². The van der Waals surface area contributed by atoms with Crippen LogP contribution in [0.3, 0.4) is 0 Å². The van der Waals surface area contributed by atoms with E-state index in [4.69, 9.17) is 20.3 Å². The van der Waals surface area contributed by atoms with Crippen LogP contribution in [0.25, 0.3) is 0 Å². The Morgan fingerprint density at radius 3 is 2.53 bits per heavy atom. The Kier molecular flexibility index (Phi) is 4.01. The second-order valence-corrected chi connectivity index (χ2v) is 4.36. The van der Waals surface area contributed by atoms with Crippen LogP contribution in [0.15, 0.2) is 24.3 Å². The number of hydrogen-bond donors (Lipinski definition) is 2. The van der Waals surface area contributed by atoms with E-state index in [1.807, 2.05) is 0 Å². The third-order valence-corrected chi connectivity index (χ3v) is 2.96. The van der Waals surface area contributed by atoms with Crippen molar-refractivity contribution in [3.8, 4) is 5.75 Å². The van der Waals surface area contributed by atoms with Gasteiger partial charge >= 0.3 is 5.97 Å². The van der Waals surface area contributed by atoms with E-state index in [-0.39, 0.29) is 6.10 Å². The van der Waals surface area contributed by atoms with Crippen LogP contribution in [0.4, 0.5) is 0 Å². The van der Waals surface area contributed by atoms with Gasteiger partial charge in [0.05, 0.1) is 6.10 Å². The number of ether oxygens (including phenoxy) is 2. The van der Waals surface area contributed by atoms with Crippen molar-refractivity contribution in [3.63, 3.8) is 0 Å². The number of nitrogens with two attached hydrogens (primary N) is 1. The van der Waals surface area contributed by atoms with E-state index in [1.165, 1.54) is 0 Å². The average molecular weight is 265 g/mol. The predicted octanol–water partition coefficient (Wildman–Crippen LogP) is 0.796. The molecule has 1 amide bonds. The zero-order valence-electron chi connectivity index (χ0n) is 10.2. The Balaban J connectivity index is 1.83. The molecule has 1 heterocycles. The number of carboxylic acid groups (broad SMARTS) is 1. The minimum Gasteiger partial charge on any atom is -0.491 e. The topological polar surface area (TPSA) is 98.9 Å². The van der Waals surface area contributed by atoms with Gasteiger partial charge in [-0.05, 0) is 37.1 Å². The highest BCUT2D eigenvalue weighted by atomic mass is 16.6. The summed E-state index contributed by atoms with van der Waals surface area (Å²) in [5.74, 6) is -0.837. The highest BCUT2D eigenvalue weighted by Crippen LogP contribution is 2.21. The highest BCUT2D eigenvalue weighted by Gasteiger charge is 2.30. The lowest BCUT2D eigenvalue weighted by molar-refractivity contribution is -0.149. The van der Waals surface area contributed by atoms with Crippen LogP contribution in [-0.4, -0.2) is 35.8 Å². The van der Waals surface area contributed by atoms with Gasteiger partial charge in [0, 0.05) is 5.56 Å². The van der Waals surface area contributed by atoms with Gasteiger partial charge in [0.15, 0.2) is 6.10 Å². The molecule has 2 atom stereocenters. The van der Waals surface area contributed by atoms with Crippen molar-refractivity contribution in [2.45, 2.75) is 25.0 Å². The van der Waals surface area contributed by atoms with Crippen LogP contribution in [0, 0.1) is 0 Å². The smallest absolute Gasteiger partial charge is 0.332 e. The lowest BCUT2D eigenvalue weighted by Gasteiger charge is -2.12. The molecule has 19 heavy (non-hydrogen) atoms. The molecule has 102 valence electrons. The van der Waals surface area contributed by atoms with Gasteiger partial charge in [-0.3, -0.25) is 4.79 Å². The van der Waals surface area contributed by atoms with E-state index < -0.39 is 18.0 Å². The van der Waals surface area contributed by atoms with Gasteiger partial charge in [-0.25, -0.2) is 4.79 Å². The highest BCUT2D eigenvalue weighted by molar-refractivity contribution is 5.92. The molecule has 6 nitrogen and oxygen atoms in total. The molecule has 0 saturated carbocycles. The maximum absolute atomic E-state index is 10.9. The molecule has 0 aromatic heterocycles. The van der Waals surface area contributed by atoms with Crippen LogP contribution in [-0.2, 0) is 9.53 Å². The zero-order valence-corrected chi connectivity index (χ0v) is 10.2. The van der Waals surface area contributed by atoms with Crippen LogP contribution in [0.1, 0.15) is 23.2 Å². The summed E-state index contributed by atoms with van der Waals surface area (Å²) in [6.07, 6.45) is 0.225. The van der Waals surface area contributed by atoms with Gasteiger partial charge in [-0.15, -0.1) is 0 Å². The first kappa shape index (κ1) is 13.4. The van der Waals surface area contributed by atoms with Crippen LogP contribution < -0.4 is 10.5 Å². The molecule has 0 bridgehead atoms. The molecule has 0 aliphatic carbocycles. The SMILES string of the molecule is NC(=O)c1ccc(OCC2CCC(C(=O)O)O2)cc1. The molecule has 1 aromatic carbocycles. The first-order chi connectivity index (χ1) is 9.06. The predicted molar refractivity (Wildman–Crippen MR) is 66.0 cm³/mol. The Morgan fingerprint density at radius 1 is 1.32 bits per heavy atom. The lowest BCUT2D eigenvalue weighted by Crippen LogP contribution is -2.23. The molecular weight excluding hydrogens is 250 g/mol. The largest absolute Gasteiger partial charge is 0.491 e. The van der Waals surface area contributed by atoms with E-state index in [1.54, 1.807) is 24.3 Å². The van der Waals surface area contributed by atoms with Crippen molar-refractivity contribution in [1.29, 1.82) is 0 Å². The number of rotatable bonds is 5. The van der Waals surface area contributed by atoms with Crippen molar-refractivity contribution in [2.24, 2.45) is 5.73 Å². The van der Waals surface area contributed by atoms with Crippen LogP contribution in [0.5, 0.6) is 5.75 Å². The summed E-state index contributed by atoms with van der Waals surface area (Å²) in [7, 11) is 0.